The Hall–Kier alpha value is -0.880. The summed E-state index contributed by atoms with van der Waals surface area (Å²) in [5.74, 6) is 0.398. The van der Waals surface area contributed by atoms with Gasteiger partial charge in [0.2, 0.25) is 0 Å². The molecule has 6 heteroatoms. The molecule has 1 rings (SSSR count). The number of aliphatic hydroxyl groups is 1. The van der Waals surface area contributed by atoms with Gasteiger partial charge in [-0.1, -0.05) is 6.92 Å². The van der Waals surface area contributed by atoms with Crippen LogP contribution in [0.1, 0.15) is 19.0 Å². The number of nitrogens with zero attached hydrogens (tertiary/aromatic N) is 2. The third-order valence-electron chi connectivity index (χ3n) is 2.16. The van der Waals surface area contributed by atoms with Crippen LogP contribution in [0.15, 0.2) is 12.5 Å². The first-order valence-electron chi connectivity index (χ1n) is 4.89. The summed E-state index contributed by atoms with van der Waals surface area (Å²) in [7, 11) is -2.87. The third kappa shape index (κ3) is 4.01. The molecule has 0 radical (unpaired) electrons. The number of aryl methyl sites for hydroxylation is 1. The summed E-state index contributed by atoms with van der Waals surface area (Å²) in [6.45, 7) is 2.18. The summed E-state index contributed by atoms with van der Waals surface area (Å²) in [6.07, 6.45) is 3.90. The molecular formula is C9H16N2O3S. The van der Waals surface area contributed by atoms with Crippen LogP contribution in [0.3, 0.4) is 0 Å². The van der Waals surface area contributed by atoms with Gasteiger partial charge in [-0.15, -0.1) is 0 Å². The maximum Gasteiger partial charge on any atom is 0.150 e. The summed E-state index contributed by atoms with van der Waals surface area (Å²) < 4.78 is 24.2. The lowest BCUT2D eigenvalue weighted by Crippen LogP contribution is -2.10. The number of hydrogen-bond donors (Lipinski definition) is 1. The molecule has 0 aliphatic carbocycles. The number of aliphatic hydroxyl groups excluding tert-OH is 1. The second-order valence-electron chi connectivity index (χ2n) is 3.35. The van der Waals surface area contributed by atoms with Gasteiger partial charge in [0.25, 0.3) is 0 Å². The number of sulfone groups is 1. The molecule has 1 N–H and O–H groups in total. The van der Waals surface area contributed by atoms with E-state index >= 15 is 0 Å². The Balaban J connectivity index is 2.38. The molecule has 0 spiro atoms. The minimum absolute atomic E-state index is 0.0831. The average molecular weight is 232 g/mol. The van der Waals surface area contributed by atoms with Crippen LogP contribution in [0, 0.1) is 0 Å². The van der Waals surface area contributed by atoms with Gasteiger partial charge in [0.1, 0.15) is 9.84 Å². The van der Waals surface area contributed by atoms with E-state index in [0.717, 1.165) is 0 Å². The SMILES string of the molecule is CCS(=O)(=O)CCCn1cnc(CO)c1. The molecule has 0 atom stereocenters. The monoisotopic (exact) mass is 232 g/mol. The average Bonchev–Trinajstić information content (AvgIpc) is 2.66. The zero-order chi connectivity index (χ0) is 11.3. The van der Waals surface area contributed by atoms with E-state index in [4.69, 9.17) is 5.11 Å². The Morgan fingerprint density at radius 2 is 2.27 bits per heavy atom. The largest absolute Gasteiger partial charge is 0.390 e. The van der Waals surface area contributed by atoms with Gasteiger partial charge in [-0.2, -0.15) is 0 Å². The highest BCUT2D eigenvalue weighted by molar-refractivity contribution is 7.91. The van der Waals surface area contributed by atoms with Crippen molar-refractivity contribution >= 4 is 9.84 Å². The molecule has 0 aromatic carbocycles. The van der Waals surface area contributed by atoms with Crippen LogP contribution in [-0.4, -0.2) is 34.6 Å². The quantitative estimate of drug-likeness (QED) is 0.760. The van der Waals surface area contributed by atoms with Gasteiger partial charge in [0, 0.05) is 18.5 Å². The van der Waals surface area contributed by atoms with E-state index < -0.39 is 9.84 Å². The maximum absolute atomic E-state index is 11.2. The van der Waals surface area contributed by atoms with Crippen LogP contribution in [0.4, 0.5) is 0 Å². The first-order valence-corrected chi connectivity index (χ1v) is 6.71. The van der Waals surface area contributed by atoms with Gasteiger partial charge in [0.05, 0.1) is 24.4 Å². The van der Waals surface area contributed by atoms with E-state index in [1.807, 2.05) is 0 Å². The van der Waals surface area contributed by atoms with Gasteiger partial charge in [-0.05, 0) is 6.42 Å². The summed E-state index contributed by atoms with van der Waals surface area (Å²) in [5.41, 5.74) is 0.605. The van der Waals surface area contributed by atoms with E-state index in [1.165, 1.54) is 0 Å². The molecular weight excluding hydrogens is 216 g/mol. The lowest BCUT2D eigenvalue weighted by Gasteiger charge is -2.02. The highest BCUT2D eigenvalue weighted by Crippen LogP contribution is 2.00. The van der Waals surface area contributed by atoms with Crippen LogP contribution in [0.5, 0.6) is 0 Å². The predicted molar refractivity (Wildman–Crippen MR) is 57.1 cm³/mol. The van der Waals surface area contributed by atoms with E-state index in [0.29, 0.717) is 18.7 Å². The second-order valence-corrected chi connectivity index (χ2v) is 5.82. The molecule has 86 valence electrons. The highest BCUT2D eigenvalue weighted by atomic mass is 32.2. The van der Waals surface area contributed by atoms with Crippen LogP contribution < -0.4 is 0 Å². The Morgan fingerprint density at radius 3 is 2.80 bits per heavy atom. The fraction of sp³-hybridized carbons (Fsp3) is 0.667. The van der Waals surface area contributed by atoms with Crippen LogP contribution >= 0.6 is 0 Å². The van der Waals surface area contributed by atoms with Crippen molar-refractivity contribution < 1.29 is 13.5 Å². The summed E-state index contributed by atoms with van der Waals surface area (Å²) in [6, 6.07) is 0. The van der Waals surface area contributed by atoms with E-state index in [2.05, 4.69) is 4.98 Å². The molecule has 0 aliphatic rings. The van der Waals surface area contributed by atoms with Crippen molar-refractivity contribution in [2.24, 2.45) is 0 Å². The van der Waals surface area contributed by atoms with Gasteiger partial charge in [0.15, 0.2) is 0 Å². The molecule has 1 heterocycles. The molecule has 0 fully saturated rings. The smallest absolute Gasteiger partial charge is 0.150 e. The zero-order valence-electron chi connectivity index (χ0n) is 8.76. The Labute approximate surface area is 89.7 Å². The molecule has 1 aromatic rings. The van der Waals surface area contributed by atoms with Crippen LogP contribution in [0.25, 0.3) is 0 Å². The zero-order valence-corrected chi connectivity index (χ0v) is 9.57. The lowest BCUT2D eigenvalue weighted by atomic mass is 10.4. The first kappa shape index (κ1) is 12.2. The number of rotatable bonds is 6. The van der Waals surface area contributed by atoms with Crippen molar-refractivity contribution in [2.75, 3.05) is 11.5 Å². The molecule has 1 aromatic heterocycles. The van der Waals surface area contributed by atoms with Gasteiger partial charge in [-0.3, -0.25) is 0 Å². The standard InChI is InChI=1S/C9H16N2O3S/c1-2-15(13,14)5-3-4-11-6-9(7-12)10-8-11/h6,8,12H,2-5,7H2,1H3. The van der Waals surface area contributed by atoms with E-state index in [-0.39, 0.29) is 18.1 Å². The predicted octanol–water partition coefficient (Wildman–Crippen LogP) is 0.200. The van der Waals surface area contributed by atoms with Gasteiger partial charge >= 0.3 is 0 Å². The molecule has 0 aliphatic heterocycles. The van der Waals surface area contributed by atoms with Crippen molar-refractivity contribution in [3.05, 3.63) is 18.2 Å². The van der Waals surface area contributed by atoms with Gasteiger partial charge in [-0.25, -0.2) is 13.4 Å². The number of imidazole rings is 1. The van der Waals surface area contributed by atoms with Crippen molar-refractivity contribution in [3.63, 3.8) is 0 Å². The van der Waals surface area contributed by atoms with E-state index in [1.54, 1.807) is 24.0 Å². The van der Waals surface area contributed by atoms with Crippen molar-refractivity contribution in [2.45, 2.75) is 26.5 Å². The summed E-state index contributed by atoms with van der Waals surface area (Å²) in [4.78, 5) is 3.93. The molecule has 15 heavy (non-hydrogen) atoms. The first-order chi connectivity index (χ1) is 7.07. The molecule has 0 saturated heterocycles. The molecule has 5 nitrogen and oxygen atoms in total. The van der Waals surface area contributed by atoms with Crippen LogP contribution in [0.2, 0.25) is 0 Å². The summed E-state index contributed by atoms with van der Waals surface area (Å²) >= 11 is 0. The molecule has 0 bridgehead atoms. The highest BCUT2D eigenvalue weighted by Gasteiger charge is 2.06. The summed E-state index contributed by atoms with van der Waals surface area (Å²) in [5, 5.41) is 8.77. The Bertz CT molecular complexity index is 397. The Morgan fingerprint density at radius 1 is 1.53 bits per heavy atom. The minimum atomic E-state index is -2.87. The second kappa shape index (κ2) is 5.27. The molecule has 0 amide bonds. The van der Waals surface area contributed by atoms with Crippen molar-refractivity contribution in [3.8, 4) is 0 Å². The topological polar surface area (TPSA) is 72.2 Å². The normalized spacial score (nSPS) is 11.9. The van der Waals surface area contributed by atoms with Crippen molar-refractivity contribution in [1.82, 2.24) is 9.55 Å². The molecule has 0 unspecified atom stereocenters. The van der Waals surface area contributed by atoms with Crippen LogP contribution in [-0.2, 0) is 23.0 Å². The maximum atomic E-state index is 11.2. The van der Waals surface area contributed by atoms with E-state index in [9.17, 15) is 8.42 Å². The fourth-order valence-electron chi connectivity index (χ4n) is 1.22. The number of hydrogen-bond acceptors (Lipinski definition) is 4. The van der Waals surface area contributed by atoms with Crippen molar-refractivity contribution in [1.29, 1.82) is 0 Å². The lowest BCUT2D eigenvalue weighted by molar-refractivity contribution is 0.277. The van der Waals surface area contributed by atoms with Gasteiger partial charge < -0.3 is 9.67 Å². The Kier molecular flexibility index (Phi) is 4.28. The minimum Gasteiger partial charge on any atom is -0.390 e. The molecule has 0 saturated carbocycles. The number of aromatic nitrogens is 2. The fourth-order valence-corrected chi connectivity index (χ4v) is 2.08. The third-order valence-corrected chi connectivity index (χ3v) is 3.95.